The quantitative estimate of drug-likeness (QED) is 0.489. The number of hydrogen-bond donors (Lipinski definition) is 1. The molecule has 2 aromatic carbocycles. The van der Waals surface area contributed by atoms with Gasteiger partial charge in [0.05, 0.1) is 33.6 Å². The van der Waals surface area contributed by atoms with Gasteiger partial charge in [-0.1, -0.05) is 0 Å². The molecule has 1 N–H and O–H groups in total. The fourth-order valence-electron chi connectivity index (χ4n) is 3.43. The van der Waals surface area contributed by atoms with E-state index in [1.54, 1.807) is 25.1 Å². The number of aromatic nitrogens is 2. The molecule has 3 rings (SSSR count). The number of hydrogen-bond acceptors (Lipinski definition) is 7. The monoisotopic (exact) mass is 467 g/mol. The van der Waals surface area contributed by atoms with E-state index in [9.17, 15) is 9.59 Å². The molecule has 0 aliphatic carbocycles. The van der Waals surface area contributed by atoms with E-state index in [0.717, 1.165) is 16.9 Å². The highest BCUT2D eigenvalue weighted by Gasteiger charge is 2.19. The van der Waals surface area contributed by atoms with Crippen LogP contribution in [0.3, 0.4) is 0 Å². The Morgan fingerprint density at radius 3 is 2.21 bits per heavy atom. The predicted octanol–water partition coefficient (Wildman–Crippen LogP) is 3.21. The van der Waals surface area contributed by atoms with Gasteiger partial charge in [-0.15, -0.1) is 0 Å². The first-order chi connectivity index (χ1) is 16.4. The summed E-state index contributed by atoms with van der Waals surface area (Å²) in [6.45, 7) is 4.32. The molecule has 3 aromatic rings. The van der Waals surface area contributed by atoms with Crippen LogP contribution in [-0.4, -0.2) is 43.6 Å². The van der Waals surface area contributed by atoms with Gasteiger partial charge in [0.25, 0.3) is 5.56 Å². The van der Waals surface area contributed by atoms with Crippen LogP contribution < -0.4 is 29.8 Å². The zero-order valence-electron chi connectivity index (χ0n) is 20.0. The predicted molar refractivity (Wildman–Crippen MR) is 128 cm³/mol. The van der Waals surface area contributed by atoms with Gasteiger partial charge in [0.15, 0.2) is 11.5 Å². The maximum atomic E-state index is 12.9. The summed E-state index contributed by atoms with van der Waals surface area (Å²) in [5.74, 6) is 1.83. The van der Waals surface area contributed by atoms with Crippen molar-refractivity contribution in [2.24, 2.45) is 0 Å². The molecule has 0 fully saturated rings. The van der Waals surface area contributed by atoms with E-state index in [2.05, 4.69) is 10.4 Å². The van der Waals surface area contributed by atoms with Crippen molar-refractivity contribution in [1.29, 1.82) is 0 Å². The maximum Gasteiger partial charge on any atom is 0.267 e. The molecule has 9 heteroatoms. The average molecular weight is 468 g/mol. The lowest BCUT2D eigenvalue weighted by atomic mass is 10.1. The molecule has 0 spiro atoms. The molecule has 1 amide bonds. The summed E-state index contributed by atoms with van der Waals surface area (Å²) >= 11 is 0. The number of amides is 1. The lowest BCUT2D eigenvalue weighted by Crippen LogP contribution is -2.36. The van der Waals surface area contributed by atoms with Gasteiger partial charge >= 0.3 is 0 Å². The summed E-state index contributed by atoms with van der Waals surface area (Å²) in [5.41, 5.74) is 1.76. The van der Waals surface area contributed by atoms with E-state index in [0.29, 0.717) is 29.5 Å². The van der Waals surface area contributed by atoms with Crippen LogP contribution in [0.25, 0.3) is 11.3 Å². The fourth-order valence-corrected chi connectivity index (χ4v) is 3.43. The summed E-state index contributed by atoms with van der Waals surface area (Å²) in [6.07, 6.45) is 0. The third-order valence-corrected chi connectivity index (χ3v) is 5.22. The molecule has 0 aliphatic rings. The number of carbonyl (C=O) groups excluding carboxylic acids is 1. The minimum atomic E-state index is -0.822. The summed E-state index contributed by atoms with van der Waals surface area (Å²) in [5, 5.41) is 7.26. The maximum absolute atomic E-state index is 12.9. The second kappa shape index (κ2) is 11.2. The lowest BCUT2D eigenvalue weighted by Gasteiger charge is -2.17. The van der Waals surface area contributed by atoms with Crippen LogP contribution in [-0.2, 0) is 11.3 Å². The van der Waals surface area contributed by atoms with Gasteiger partial charge in [-0.3, -0.25) is 9.59 Å². The largest absolute Gasteiger partial charge is 0.494 e. The van der Waals surface area contributed by atoms with Crippen molar-refractivity contribution in [2.75, 3.05) is 27.9 Å². The van der Waals surface area contributed by atoms with Gasteiger partial charge in [-0.2, -0.15) is 5.10 Å². The molecule has 9 nitrogen and oxygen atoms in total. The van der Waals surface area contributed by atoms with Gasteiger partial charge in [0.2, 0.25) is 11.7 Å². The first-order valence-electron chi connectivity index (χ1n) is 10.8. The van der Waals surface area contributed by atoms with E-state index in [1.165, 1.54) is 32.1 Å². The molecule has 1 aromatic heterocycles. The molecule has 0 radical (unpaired) electrons. The lowest BCUT2D eigenvalue weighted by molar-refractivity contribution is -0.124. The Kier molecular flexibility index (Phi) is 8.13. The number of carbonyl (C=O) groups is 1. The third-order valence-electron chi connectivity index (χ3n) is 5.22. The van der Waals surface area contributed by atoms with E-state index < -0.39 is 6.04 Å². The molecular weight excluding hydrogens is 438 g/mol. The van der Waals surface area contributed by atoms with Gasteiger partial charge in [-0.05, 0) is 61.9 Å². The van der Waals surface area contributed by atoms with Crippen molar-refractivity contribution in [3.05, 3.63) is 64.4 Å². The molecule has 1 heterocycles. The summed E-state index contributed by atoms with van der Waals surface area (Å²) < 4.78 is 22.7. The zero-order chi connectivity index (χ0) is 24.7. The second-order valence-electron chi connectivity index (χ2n) is 7.39. The summed E-state index contributed by atoms with van der Waals surface area (Å²) in [4.78, 5) is 25.3. The van der Waals surface area contributed by atoms with Crippen molar-refractivity contribution in [1.82, 2.24) is 15.1 Å². The number of nitrogens with zero attached hydrogens (tertiary/aromatic N) is 2. The normalized spacial score (nSPS) is 11.4. The number of methoxy groups -OCH3 is 3. The SMILES string of the molecule is CCOc1ccc(-c2ccc(=O)n(C(C)C(=O)NCc3cc(OC)c(OC)c(OC)c3)n2)cc1. The van der Waals surface area contributed by atoms with Gasteiger partial charge < -0.3 is 24.3 Å². The Labute approximate surface area is 198 Å². The molecule has 0 saturated carbocycles. The van der Waals surface area contributed by atoms with Crippen LogP contribution in [0.4, 0.5) is 0 Å². The molecule has 34 heavy (non-hydrogen) atoms. The third kappa shape index (κ3) is 5.48. The molecule has 0 saturated heterocycles. The van der Waals surface area contributed by atoms with E-state index in [4.69, 9.17) is 18.9 Å². The number of benzene rings is 2. The van der Waals surface area contributed by atoms with Crippen molar-refractivity contribution >= 4 is 5.91 Å². The van der Waals surface area contributed by atoms with Crippen LogP contribution in [0.5, 0.6) is 23.0 Å². The highest BCUT2D eigenvalue weighted by Crippen LogP contribution is 2.38. The Hall–Kier alpha value is -4.01. The second-order valence-corrected chi connectivity index (χ2v) is 7.39. The van der Waals surface area contributed by atoms with Crippen molar-refractivity contribution < 1.29 is 23.7 Å². The number of rotatable bonds is 10. The van der Waals surface area contributed by atoms with E-state index in [-0.39, 0.29) is 18.0 Å². The van der Waals surface area contributed by atoms with E-state index in [1.807, 2.05) is 31.2 Å². The first-order valence-corrected chi connectivity index (χ1v) is 10.8. The Balaban J connectivity index is 1.77. The van der Waals surface area contributed by atoms with Gasteiger partial charge in [0.1, 0.15) is 11.8 Å². The van der Waals surface area contributed by atoms with Crippen LogP contribution in [0.2, 0.25) is 0 Å². The molecule has 0 bridgehead atoms. The molecule has 180 valence electrons. The smallest absolute Gasteiger partial charge is 0.267 e. The standard InChI is InChI=1S/C25H29N3O6/c1-6-34-19-9-7-18(8-10-19)20-11-12-23(29)28(27-20)16(2)25(30)26-15-17-13-21(31-3)24(33-5)22(14-17)32-4/h7-14,16H,6,15H2,1-5H3,(H,26,30). The van der Waals surface area contributed by atoms with Crippen molar-refractivity contribution in [3.8, 4) is 34.3 Å². The molecule has 0 aliphatic heterocycles. The van der Waals surface area contributed by atoms with Gasteiger partial charge in [0, 0.05) is 18.2 Å². The number of ether oxygens (including phenoxy) is 4. The summed E-state index contributed by atoms with van der Waals surface area (Å²) in [7, 11) is 4.57. The Bertz CT molecular complexity index is 1160. The van der Waals surface area contributed by atoms with Crippen LogP contribution >= 0.6 is 0 Å². The topological polar surface area (TPSA) is 101 Å². The van der Waals surface area contributed by atoms with E-state index >= 15 is 0 Å². The zero-order valence-corrected chi connectivity index (χ0v) is 20.0. The summed E-state index contributed by atoms with van der Waals surface area (Å²) in [6, 6.07) is 13.1. The highest BCUT2D eigenvalue weighted by atomic mass is 16.5. The van der Waals surface area contributed by atoms with Crippen molar-refractivity contribution in [2.45, 2.75) is 26.4 Å². The Morgan fingerprint density at radius 2 is 1.65 bits per heavy atom. The molecule has 1 unspecified atom stereocenters. The fraction of sp³-hybridized carbons (Fsp3) is 0.320. The van der Waals surface area contributed by atoms with Crippen LogP contribution in [0, 0.1) is 0 Å². The first kappa shape index (κ1) is 24.6. The number of nitrogens with one attached hydrogen (secondary N) is 1. The Morgan fingerprint density at radius 1 is 1.00 bits per heavy atom. The average Bonchev–Trinajstić information content (AvgIpc) is 2.87. The molecular formula is C25H29N3O6. The minimum Gasteiger partial charge on any atom is -0.494 e. The van der Waals surface area contributed by atoms with Crippen molar-refractivity contribution in [3.63, 3.8) is 0 Å². The highest BCUT2D eigenvalue weighted by molar-refractivity contribution is 5.79. The van der Waals surface area contributed by atoms with Gasteiger partial charge in [-0.25, -0.2) is 4.68 Å². The van der Waals surface area contributed by atoms with Crippen LogP contribution in [0.1, 0.15) is 25.5 Å². The van der Waals surface area contributed by atoms with Crippen LogP contribution in [0.15, 0.2) is 53.3 Å². The minimum absolute atomic E-state index is 0.202. The molecule has 1 atom stereocenters.